The number of nitriles is 1. The van der Waals surface area contributed by atoms with Gasteiger partial charge in [-0.25, -0.2) is 19.2 Å². The van der Waals surface area contributed by atoms with Crippen LogP contribution in [0.2, 0.25) is 5.02 Å². The highest BCUT2D eigenvalue weighted by molar-refractivity contribution is 7.13. The maximum Gasteiger partial charge on any atom is 0.410 e. The lowest BCUT2D eigenvalue weighted by atomic mass is 9.85. The number of nitrogens with zero attached hydrogens (tertiary/aromatic N) is 9. The summed E-state index contributed by atoms with van der Waals surface area (Å²) in [6.07, 6.45) is 0.187. The second-order valence-corrected chi connectivity index (χ2v) is 25.3. The molecular formula is C61H74ClFN12O8S. The molecule has 3 aliphatic rings. The van der Waals surface area contributed by atoms with Crippen molar-refractivity contribution < 1.29 is 42.9 Å². The molecule has 5 atom stereocenters. The van der Waals surface area contributed by atoms with Gasteiger partial charge in [0.1, 0.15) is 48.1 Å². The summed E-state index contributed by atoms with van der Waals surface area (Å²) in [4.78, 5) is 81.4. The summed E-state index contributed by atoms with van der Waals surface area (Å²) < 4.78 is 35.3. The number of ether oxygens (including phenoxy) is 3. The Morgan fingerprint density at radius 3 is 2.38 bits per heavy atom. The highest BCUT2D eigenvalue weighted by Crippen LogP contribution is 2.42. The number of piperidine rings is 1. The molecular weight excluding hydrogens is 1120 g/mol. The number of aliphatic hydroxyl groups is 1. The minimum atomic E-state index is -1.00. The molecule has 9 rings (SSSR count). The van der Waals surface area contributed by atoms with Crippen LogP contribution in [0.1, 0.15) is 91.4 Å². The molecule has 23 heteroatoms. The predicted molar refractivity (Wildman–Crippen MR) is 321 cm³/mol. The number of amides is 4. The third-order valence-corrected chi connectivity index (χ3v) is 16.8. The van der Waals surface area contributed by atoms with Gasteiger partial charge in [-0.1, -0.05) is 80.9 Å². The highest BCUT2D eigenvalue weighted by atomic mass is 35.5. The maximum absolute atomic E-state index is 17.3. The van der Waals surface area contributed by atoms with Crippen LogP contribution in [0.15, 0.2) is 66.2 Å². The topological polar surface area (TPSA) is 255 Å². The van der Waals surface area contributed by atoms with Crippen molar-refractivity contribution in [3.8, 4) is 33.8 Å². The number of thiazole rings is 1. The Labute approximate surface area is 497 Å². The van der Waals surface area contributed by atoms with E-state index < -0.39 is 59.0 Å². The summed E-state index contributed by atoms with van der Waals surface area (Å²) in [5.74, 6) is -1.40. The first kappa shape index (κ1) is 61.3. The van der Waals surface area contributed by atoms with Crippen LogP contribution in [-0.2, 0) is 23.9 Å². The number of hydrogen-bond donors (Lipinski definition) is 4. The smallest absolute Gasteiger partial charge is 0.410 e. The van der Waals surface area contributed by atoms with E-state index in [1.165, 1.54) is 4.90 Å². The fraction of sp³-hybridized carbons (Fsp3) is 0.492. The van der Waals surface area contributed by atoms with Gasteiger partial charge in [0.25, 0.3) is 0 Å². The molecule has 0 aliphatic carbocycles. The number of likely N-dealkylation sites (tertiary alicyclic amines) is 2. The number of aryl methyl sites for hydroxylation is 1. The Kier molecular flexibility index (Phi) is 18.9. The molecule has 3 aromatic carbocycles. The Balaban J connectivity index is 0.803. The van der Waals surface area contributed by atoms with Crippen LogP contribution < -0.4 is 26.0 Å². The van der Waals surface area contributed by atoms with Crippen LogP contribution in [0.25, 0.3) is 43.4 Å². The number of benzene rings is 3. The largest absolute Gasteiger partial charge is 0.462 e. The first-order valence-corrected chi connectivity index (χ1v) is 29.7. The molecule has 20 nitrogen and oxygen atoms in total. The van der Waals surface area contributed by atoms with E-state index in [9.17, 15) is 29.5 Å². The average Bonchev–Trinajstić information content (AvgIpc) is 3.81. The summed E-state index contributed by atoms with van der Waals surface area (Å²) in [5.41, 5.74) is 9.62. The summed E-state index contributed by atoms with van der Waals surface area (Å²) in [6.45, 7) is 17.4. The number of anilines is 2. The number of carbonyl (C=O) groups is 4. The van der Waals surface area contributed by atoms with E-state index in [1.807, 2.05) is 93.6 Å². The first-order valence-electron chi connectivity index (χ1n) is 28.4. The van der Waals surface area contributed by atoms with Crippen molar-refractivity contribution in [2.45, 2.75) is 117 Å². The van der Waals surface area contributed by atoms with Crippen molar-refractivity contribution in [2.75, 3.05) is 76.3 Å². The van der Waals surface area contributed by atoms with Crippen LogP contribution in [0.5, 0.6) is 6.01 Å². The molecule has 3 saturated heterocycles. The lowest BCUT2D eigenvalue weighted by Gasteiger charge is -2.41. The van der Waals surface area contributed by atoms with Crippen LogP contribution in [0, 0.1) is 35.4 Å². The van der Waals surface area contributed by atoms with Gasteiger partial charge in [-0.3, -0.25) is 19.3 Å². The van der Waals surface area contributed by atoms with Gasteiger partial charge in [0.15, 0.2) is 5.82 Å². The van der Waals surface area contributed by atoms with E-state index in [0.717, 1.165) is 39.9 Å². The van der Waals surface area contributed by atoms with E-state index in [2.05, 4.69) is 36.6 Å². The summed E-state index contributed by atoms with van der Waals surface area (Å²) in [5, 5.41) is 28.3. The molecule has 6 aromatic rings. The van der Waals surface area contributed by atoms with Gasteiger partial charge in [-0.05, 0) is 101 Å². The quantitative estimate of drug-likeness (QED) is 0.0668. The van der Waals surface area contributed by atoms with Gasteiger partial charge in [0, 0.05) is 49.9 Å². The molecule has 3 fully saturated rings. The SMILES string of the molecule is Cc1ncsc1-c1ccc([C@H](C)NC(=O)[C@@H]2C[C@@H](O)CN2C(=O)[C@@H](NC(=O)COCC2CCN(CCOc3nc(N4CCN(C(=O)OC(C)(C)C)[C@@H](CC#N)C4)c4cc(Cl)c(-c5nc(N)cc6ccccc56)c(F)c4n3)CC2)C(C)(C)C)cc1. The number of fused-ring (bicyclic) bond motifs is 2. The van der Waals surface area contributed by atoms with Crippen molar-refractivity contribution in [2.24, 2.45) is 11.3 Å². The number of halogens is 2. The number of pyridine rings is 1. The van der Waals surface area contributed by atoms with Crippen molar-refractivity contribution >= 4 is 80.1 Å². The molecule has 4 amide bonds. The molecule has 0 radical (unpaired) electrons. The van der Waals surface area contributed by atoms with Gasteiger partial charge in [-0.2, -0.15) is 15.2 Å². The number of carbonyl (C=O) groups excluding carboxylic acids is 4. The third-order valence-electron chi connectivity index (χ3n) is 15.6. The van der Waals surface area contributed by atoms with E-state index in [4.69, 9.17) is 36.5 Å². The Hall–Kier alpha value is -7.29. The number of hydrogen-bond acceptors (Lipinski definition) is 17. The zero-order chi connectivity index (χ0) is 60.2. The third kappa shape index (κ3) is 14.3. The first-order chi connectivity index (χ1) is 40.0. The van der Waals surface area contributed by atoms with Gasteiger partial charge < -0.3 is 50.4 Å². The number of aromatic nitrogens is 4. The molecule has 6 heterocycles. The van der Waals surface area contributed by atoms with Gasteiger partial charge in [0.2, 0.25) is 17.7 Å². The molecule has 3 aromatic heterocycles. The highest BCUT2D eigenvalue weighted by Gasteiger charge is 2.45. The number of nitrogens with two attached hydrogens (primary N) is 1. The number of aliphatic hydroxyl groups excluding tert-OH is 1. The molecule has 0 spiro atoms. The second-order valence-electron chi connectivity index (χ2n) is 24.1. The molecule has 3 aliphatic heterocycles. The van der Waals surface area contributed by atoms with Gasteiger partial charge in [0.05, 0.1) is 69.6 Å². The zero-order valence-corrected chi connectivity index (χ0v) is 50.4. The van der Waals surface area contributed by atoms with Crippen molar-refractivity contribution in [1.29, 1.82) is 5.26 Å². The standard InChI is InChI=1S/C61H74ClFN12O8S/c1-35(38-13-15-39(16-14-38)53-36(2)66-34-84-53)67-56(78)46-28-42(76)31-75(46)57(79)54(60(3,4)5)69-48(77)33-81-32-37-18-21-72(22-19-37)25-26-82-58-70-52-44(29-45(62)49(50(52)63)51-43-12-10-9-11-40(43)27-47(65)68-51)55(71-58)73-23-24-74(41(30-73)17-20-64)59(80)83-61(6,7)8/h9-16,27,29,34-35,37,41-42,46,54,76H,17-19,21-26,28,30-33H2,1-8H3,(H2,65,68)(H,67,78)(H,69,77)/t35-,41-,42+,46-,54+/m0/s1. The number of rotatable bonds is 17. The normalized spacial score (nSPS) is 18.8. The summed E-state index contributed by atoms with van der Waals surface area (Å²) in [6, 6.07) is 17.8. The molecule has 446 valence electrons. The Morgan fingerprint density at radius 2 is 1.69 bits per heavy atom. The van der Waals surface area contributed by atoms with Crippen LogP contribution >= 0.6 is 22.9 Å². The van der Waals surface area contributed by atoms with Crippen LogP contribution in [0.3, 0.4) is 0 Å². The lowest BCUT2D eigenvalue weighted by molar-refractivity contribution is -0.144. The van der Waals surface area contributed by atoms with E-state index in [0.29, 0.717) is 42.8 Å². The molecule has 0 bridgehead atoms. The van der Waals surface area contributed by atoms with E-state index >= 15 is 4.39 Å². The Morgan fingerprint density at radius 1 is 0.952 bits per heavy atom. The summed E-state index contributed by atoms with van der Waals surface area (Å²) in [7, 11) is 0. The minimum absolute atomic E-state index is 0.0109. The monoisotopic (exact) mass is 1190 g/mol. The second kappa shape index (κ2) is 25.9. The average molecular weight is 1190 g/mol. The Bertz CT molecular complexity index is 3430. The minimum Gasteiger partial charge on any atom is -0.462 e. The number of β-amino-alcohol motifs (C(OH)–C–C–N with tert-alkyl or cyclic N) is 1. The summed E-state index contributed by atoms with van der Waals surface area (Å²) >= 11 is 8.55. The number of nitrogen functional groups attached to an aromatic ring is 1. The molecule has 0 saturated carbocycles. The zero-order valence-electron chi connectivity index (χ0n) is 48.8. The molecule has 84 heavy (non-hydrogen) atoms. The number of piperazine rings is 1. The fourth-order valence-electron chi connectivity index (χ4n) is 11.2. The number of nitrogens with one attached hydrogen (secondary N) is 2. The molecule has 5 N–H and O–H groups in total. The van der Waals surface area contributed by atoms with Crippen LogP contribution in [-0.4, -0.2) is 159 Å². The van der Waals surface area contributed by atoms with E-state index in [-0.39, 0.29) is 104 Å². The van der Waals surface area contributed by atoms with Crippen molar-refractivity contribution in [1.82, 2.24) is 45.3 Å². The molecule has 0 unspecified atom stereocenters. The van der Waals surface area contributed by atoms with Crippen LogP contribution in [0.4, 0.5) is 20.8 Å². The van der Waals surface area contributed by atoms with Gasteiger partial charge in [-0.15, -0.1) is 11.3 Å². The van der Waals surface area contributed by atoms with Gasteiger partial charge >= 0.3 is 12.1 Å². The predicted octanol–water partition coefficient (Wildman–Crippen LogP) is 8.47. The maximum atomic E-state index is 17.3. The van der Waals surface area contributed by atoms with Crippen molar-refractivity contribution in [3.05, 3.63) is 88.3 Å². The van der Waals surface area contributed by atoms with E-state index in [1.54, 1.807) is 49.1 Å². The fourth-order valence-corrected chi connectivity index (χ4v) is 12.3. The lowest BCUT2D eigenvalue weighted by Crippen LogP contribution is -2.58. The van der Waals surface area contributed by atoms with Crippen molar-refractivity contribution in [3.63, 3.8) is 0 Å².